The van der Waals surface area contributed by atoms with Crippen LogP contribution in [0.15, 0.2) is 35.1 Å². The van der Waals surface area contributed by atoms with E-state index in [1.54, 1.807) is 6.92 Å². The zero-order chi connectivity index (χ0) is 27.0. The first-order chi connectivity index (χ1) is 18.2. The summed E-state index contributed by atoms with van der Waals surface area (Å²) in [4.78, 5) is 17.2. The fraction of sp³-hybridized carbons (Fsp3) is 0.458. The minimum Gasteiger partial charge on any atom is -0.483 e. The van der Waals surface area contributed by atoms with Crippen LogP contribution in [0.3, 0.4) is 0 Å². The number of carbonyl (C=O) groups excluding carboxylic acids is 1. The van der Waals surface area contributed by atoms with Crippen LogP contribution in [0.2, 0.25) is 0 Å². The third-order valence-electron chi connectivity index (χ3n) is 6.46. The number of carbonyl (C=O) groups is 1. The summed E-state index contributed by atoms with van der Waals surface area (Å²) in [7, 11) is -1.30. The Labute approximate surface area is 218 Å². The summed E-state index contributed by atoms with van der Waals surface area (Å²) in [5, 5.41) is 17.3. The van der Waals surface area contributed by atoms with Crippen molar-refractivity contribution in [2.45, 2.75) is 31.3 Å². The third kappa shape index (κ3) is 5.22. The Morgan fingerprint density at radius 1 is 1.34 bits per heavy atom. The van der Waals surface area contributed by atoms with Crippen molar-refractivity contribution in [1.82, 2.24) is 14.6 Å². The van der Waals surface area contributed by atoms with Gasteiger partial charge in [-0.05, 0) is 24.6 Å². The van der Waals surface area contributed by atoms with Gasteiger partial charge in [0.15, 0.2) is 11.9 Å². The Morgan fingerprint density at radius 2 is 2.13 bits per heavy atom. The second-order valence-electron chi connectivity index (χ2n) is 9.21. The lowest BCUT2D eigenvalue weighted by molar-refractivity contribution is 0.00871. The highest BCUT2D eigenvalue weighted by atomic mass is 32.2. The molecule has 0 radical (unpaired) electrons. The molecule has 2 saturated heterocycles. The van der Waals surface area contributed by atoms with E-state index in [9.17, 15) is 18.5 Å². The van der Waals surface area contributed by atoms with Crippen LogP contribution < -0.4 is 10.1 Å². The van der Waals surface area contributed by atoms with Gasteiger partial charge in [-0.15, -0.1) is 0 Å². The predicted octanol–water partition coefficient (Wildman–Crippen LogP) is 1.71. The molecule has 5 rings (SSSR count). The van der Waals surface area contributed by atoms with E-state index >= 15 is 0 Å². The van der Waals surface area contributed by atoms with E-state index in [0.29, 0.717) is 22.6 Å². The van der Waals surface area contributed by atoms with E-state index in [1.165, 1.54) is 48.6 Å². The molecule has 12 nitrogen and oxygen atoms in total. The molecule has 2 aromatic heterocycles. The Kier molecular flexibility index (Phi) is 7.33. The van der Waals surface area contributed by atoms with Gasteiger partial charge < -0.3 is 29.4 Å². The quantitative estimate of drug-likeness (QED) is 0.426. The molecule has 14 heteroatoms. The molecule has 0 bridgehead atoms. The van der Waals surface area contributed by atoms with E-state index in [-0.39, 0.29) is 36.9 Å². The van der Waals surface area contributed by atoms with Crippen LogP contribution in [-0.2, 0) is 23.9 Å². The lowest BCUT2D eigenvalue weighted by atomic mass is 10.1. The van der Waals surface area contributed by atoms with E-state index < -0.39 is 45.9 Å². The highest BCUT2D eigenvalue weighted by molar-refractivity contribution is 7.93. The first kappa shape index (κ1) is 26.4. The molecule has 2 aliphatic heterocycles. The summed E-state index contributed by atoms with van der Waals surface area (Å²) < 4.78 is 54.5. The third-order valence-corrected chi connectivity index (χ3v) is 7.93. The molecule has 1 aromatic carbocycles. The molecule has 0 saturated carbocycles. The highest BCUT2D eigenvalue weighted by Crippen LogP contribution is 2.35. The van der Waals surface area contributed by atoms with Gasteiger partial charge in [0.05, 0.1) is 46.6 Å². The van der Waals surface area contributed by atoms with Gasteiger partial charge >= 0.3 is 0 Å². The molecule has 0 aliphatic carbocycles. The summed E-state index contributed by atoms with van der Waals surface area (Å²) in [6.07, 6.45) is 1.94. The van der Waals surface area contributed by atoms with Crippen molar-refractivity contribution < 1.29 is 37.4 Å². The van der Waals surface area contributed by atoms with E-state index in [1.807, 2.05) is 0 Å². The van der Waals surface area contributed by atoms with E-state index in [4.69, 9.17) is 18.9 Å². The number of aryl methyl sites for hydroxylation is 1. The molecular formula is C24H28FN5O7S. The lowest BCUT2D eigenvalue weighted by Gasteiger charge is -2.20. The fourth-order valence-corrected chi connectivity index (χ4v) is 5.52. The van der Waals surface area contributed by atoms with Gasteiger partial charge in [0.1, 0.15) is 41.7 Å². The smallest absolute Gasteiger partial charge is 0.286 e. The standard InChI is InChI=1S/C24H28FN5O7S/c1-13-15(24(32)29-38(3,33)7-6-34-2)9-30-20(13)23(26-12-27-30)28-16-5-4-14(25)8-18(16)37-19-11-36-21-17(31)10-35-22(19)21/h4-5,8-9,12,17,19,21-22,31H,6-7,10-11H2,1-3H3,(H,26,27,28)/t17-,19-,21-,22-,38?/m1/s1. The van der Waals surface area contributed by atoms with Crippen LogP contribution in [0.1, 0.15) is 15.9 Å². The second kappa shape index (κ2) is 10.5. The summed E-state index contributed by atoms with van der Waals surface area (Å²) in [6.45, 7) is 2.24. The van der Waals surface area contributed by atoms with Crippen molar-refractivity contribution in [1.29, 1.82) is 0 Å². The zero-order valence-electron chi connectivity index (χ0n) is 21.0. The number of aliphatic hydroxyl groups excluding tert-OH is 1. The number of methoxy groups -OCH3 is 1. The molecule has 204 valence electrons. The average molecular weight is 550 g/mol. The Balaban J connectivity index is 1.45. The number of anilines is 2. The van der Waals surface area contributed by atoms with Crippen molar-refractivity contribution in [3.63, 3.8) is 0 Å². The number of halogens is 1. The number of aliphatic hydroxyl groups is 1. The molecule has 5 atom stereocenters. The van der Waals surface area contributed by atoms with Gasteiger partial charge in [-0.25, -0.2) is 18.1 Å². The van der Waals surface area contributed by atoms with E-state index in [2.05, 4.69) is 19.8 Å². The summed E-state index contributed by atoms with van der Waals surface area (Å²) in [5.41, 5.74) is 1.63. The van der Waals surface area contributed by atoms with Crippen molar-refractivity contribution >= 4 is 32.7 Å². The molecule has 38 heavy (non-hydrogen) atoms. The van der Waals surface area contributed by atoms with E-state index in [0.717, 1.165) is 0 Å². The molecule has 3 aromatic rings. The predicted molar refractivity (Wildman–Crippen MR) is 135 cm³/mol. The molecule has 0 spiro atoms. The number of amides is 1. The molecule has 4 heterocycles. The average Bonchev–Trinajstić information content (AvgIpc) is 3.55. The first-order valence-electron chi connectivity index (χ1n) is 11.9. The number of aromatic nitrogens is 3. The number of nitrogens with zero attached hydrogens (tertiary/aromatic N) is 4. The number of rotatable bonds is 8. The van der Waals surface area contributed by atoms with Gasteiger partial charge in [0.2, 0.25) is 0 Å². The van der Waals surface area contributed by atoms with Crippen molar-refractivity contribution in [3.8, 4) is 5.75 Å². The van der Waals surface area contributed by atoms with Crippen LogP contribution in [0, 0.1) is 12.7 Å². The van der Waals surface area contributed by atoms with Gasteiger partial charge in [-0.2, -0.15) is 9.46 Å². The number of nitrogens with one attached hydrogen (secondary N) is 1. The molecular weight excluding hydrogens is 521 g/mol. The Hall–Kier alpha value is -3.17. The van der Waals surface area contributed by atoms with Crippen LogP contribution in [0.25, 0.3) is 5.52 Å². The van der Waals surface area contributed by atoms with Gasteiger partial charge in [0, 0.05) is 25.6 Å². The summed E-state index contributed by atoms with van der Waals surface area (Å²) in [6, 6.07) is 4.01. The normalized spacial score (nSPS) is 24.2. The number of hydrogen-bond donors (Lipinski definition) is 2. The van der Waals surface area contributed by atoms with Gasteiger partial charge in [0.25, 0.3) is 5.91 Å². The molecule has 1 amide bonds. The van der Waals surface area contributed by atoms with Crippen LogP contribution in [0.5, 0.6) is 5.75 Å². The van der Waals surface area contributed by atoms with Crippen molar-refractivity contribution in [3.05, 3.63) is 47.7 Å². The SMILES string of the molecule is COCCS(C)(=O)=NC(=O)c1cn2ncnc(Nc3ccc(F)cc3O[C@@H]3CO[C@H]4[C@@H]3OC[C@H]4O)c2c1C. The monoisotopic (exact) mass is 549 g/mol. The van der Waals surface area contributed by atoms with Crippen molar-refractivity contribution in [2.24, 2.45) is 4.36 Å². The largest absolute Gasteiger partial charge is 0.483 e. The summed E-state index contributed by atoms with van der Waals surface area (Å²) >= 11 is 0. The van der Waals surface area contributed by atoms with Gasteiger partial charge in [-0.1, -0.05) is 0 Å². The summed E-state index contributed by atoms with van der Waals surface area (Å²) in [5.74, 6) is -0.494. The topological polar surface area (TPSA) is 146 Å². The number of ether oxygens (including phenoxy) is 4. The fourth-order valence-electron chi connectivity index (χ4n) is 4.51. The van der Waals surface area contributed by atoms with Crippen LogP contribution in [0.4, 0.5) is 15.9 Å². The molecule has 1 unspecified atom stereocenters. The number of benzene rings is 1. The number of fused-ring (bicyclic) bond motifs is 2. The zero-order valence-corrected chi connectivity index (χ0v) is 21.8. The maximum atomic E-state index is 14.2. The first-order valence-corrected chi connectivity index (χ1v) is 14.0. The molecule has 2 aliphatic rings. The Bertz CT molecular complexity index is 1490. The second-order valence-corrected chi connectivity index (χ2v) is 11.7. The van der Waals surface area contributed by atoms with Crippen molar-refractivity contribution in [2.75, 3.05) is 44.3 Å². The van der Waals surface area contributed by atoms with Gasteiger partial charge in [-0.3, -0.25) is 4.79 Å². The molecule has 2 N–H and O–H groups in total. The lowest BCUT2D eigenvalue weighted by Crippen LogP contribution is -2.34. The molecule has 2 fully saturated rings. The van der Waals surface area contributed by atoms with Crippen LogP contribution in [-0.4, -0.2) is 93.2 Å². The minimum absolute atomic E-state index is 0.124. The maximum absolute atomic E-state index is 14.2. The minimum atomic E-state index is -2.78. The highest BCUT2D eigenvalue weighted by Gasteiger charge is 2.48. The van der Waals surface area contributed by atoms with Crippen LogP contribution >= 0.6 is 0 Å². The Morgan fingerprint density at radius 3 is 2.92 bits per heavy atom. The number of hydrogen-bond acceptors (Lipinski definition) is 10. The maximum Gasteiger partial charge on any atom is 0.286 e.